The van der Waals surface area contributed by atoms with Crippen LogP contribution in [-0.2, 0) is 72.0 Å². The van der Waals surface area contributed by atoms with Gasteiger partial charge < -0.3 is 92.2 Å². The van der Waals surface area contributed by atoms with Gasteiger partial charge in [-0.15, -0.1) is 0 Å². The molecule has 24 N–H and O–H groups in total. The number of ketones is 2. The third-order valence-electron chi connectivity index (χ3n) is 17.6. The van der Waals surface area contributed by atoms with Crippen LogP contribution < -0.4 is 82.3 Å². The maximum atomic E-state index is 15.6. The van der Waals surface area contributed by atoms with E-state index in [-0.39, 0.29) is 120 Å². The maximum Gasteiger partial charge on any atom is 0.244 e. The van der Waals surface area contributed by atoms with E-state index in [9.17, 15) is 33.6 Å². The summed E-state index contributed by atoms with van der Waals surface area (Å²) in [5.74, 6) is -11.7. The van der Waals surface area contributed by atoms with Gasteiger partial charge in [0.15, 0.2) is 11.7 Å². The van der Waals surface area contributed by atoms with Crippen molar-refractivity contribution in [1.29, 1.82) is 5.41 Å². The highest BCUT2D eigenvalue weighted by Gasteiger charge is 2.38. The molecule has 6 rings (SSSR count). The molecule has 552 valence electrons. The van der Waals surface area contributed by atoms with Gasteiger partial charge in [0, 0.05) is 85.1 Å². The summed E-state index contributed by atoms with van der Waals surface area (Å²) in [5, 5.41) is 33.8. The number of aromatic nitrogens is 3. The lowest BCUT2D eigenvalue weighted by atomic mass is 9.84. The number of fused-ring (bicyclic) bond motifs is 6. The number of H-pyrrole nitrogens is 2. The number of Topliss-reactive ketones (excluding diaryl/α,β-unsaturated/α-hetero) is 2. The van der Waals surface area contributed by atoms with Crippen molar-refractivity contribution in [1.82, 2.24) is 62.8 Å². The number of carbonyl (C=O) groups excluding carboxylic acids is 11. The van der Waals surface area contributed by atoms with Crippen molar-refractivity contribution < 1.29 is 52.7 Å². The van der Waals surface area contributed by atoms with Gasteiger partial charge in [0.1, 0.15) is 54.1 Å². The van der Waals surface area contributed by atoms with Gasteiger partial charge in [-0.05, 0) is 134 Å². The molecule has 4 aromatic rings. The quantitative estimate of drug-likeness (QED) is 0.0159. The second-order valence-corrected chi connectivity index (χ2v) is 28.2. The van der Waals surface area contributed by atoms with E-state index < -0.39 is 144 Å². The number of guanidine groups is 1. The van der Waals surface area contributed by atoms with Crippen LogP contribution in [0.2, 0.25) is 0 Å². The fourth-order valence-electron chi connectivity index (χ4n) is 11.8. The Hall–Kier alpha value is -8.92. The number of aliphatic imine (C=N–C) groups is 1. The van der Waals surface area contributed by atoms with Crippen molar-refractivity contribution in [3.8, 4) is 0 Å². The Balaban J connectivity index is 1.53. The highest BCUT2D eigenvalue weighted by molar-refractivity contribution is 8.76. The minimum atomic E-state index is -1.53. The highest BCUT2D eigenvalue weighted by Crippen LogP contribution is 2.30. The van der Waals surface area contributed by atoms with E-state index in [4.69, 9.17) is 39.8 Å². The number of nitrogens with zero attached hydrogens (tertiary/aromatic N) is 2. The normalized spacial score (nSPS) is 24.1. The SMILES string of the molecule is C[C@@H]1NC(=O)[C@@H]2CSSC[C@H](CC(=O)[C@H](Cc3c[nH]c4ccccc34)CC(=O)[C@H](CCCCC(=N)N)NC(=O)[C@@H](Cc3ccccc3)NC(=O)[C@H](Cc3cnc[nH]3)NC1=O)C(=O)N[C@@H](CCCCN)C(=O)N[C@@H](CCCCN)C(=O)N[C@@H](CCCCN)C(=O)N[C@@H](CCCN=C(N)N)C(=O)N2. The van der Waals surface area contributed by atoms with Crippen molar-refractivity contribution in [3.05, 3.63) is 90.1 Å². The number of imidazole rings is 1. The van der Waals surface area contributed by atoms with Crippen molar-refractivity contribution in [2.75, 3.05) is 37.7 Å². The second kappa shape index (κ2) is 43.0. The molecular weight excluding hydrogens is 1340 g/mol. The van der Waals surface area contributed by atoms with Crippen molar-refractivity contribution in [2.45, 2.75) is 190 Å². The van der Waals surface area contributed by atoms with Crippen LogP contribution in [0.5, 0.6) is 0 Å². The zero-order chi connectivity index (χ0) is 73.2. The van der Waals surface area contributed by atoms with Gasteiger partial charge in [-0.25, -0.2) is 4.98 Å². The van der Waals surface area contributed by atoms with Crippen LogP contribution >= 0.6 is 21.6 Å². The molecule has 33 heteroatoms. The average Bonchev–Trinajstić information content (AvgIpc) is 1.71. The number of rotatable bonds is 27. The molecule has 0 radical (unpaired) electrons. The third kappa shape index (κ3) is 27.5. The molecule has 0 saturated carbocycles. The monoisotopic (exact) mass is 1440 g/mol. The van der Waals surface area contributed by atoms with Gasteiger partial charge >= 0.3 is 0 Å². The molecule has 4 heterocycles. The maximum absolute atomic E-state index is 15.6. The molecule has 2 bridgehead atoms. The number of nitrogens with two attached hydrogens (primary N) is 6. The number of nitrogens with one attached hydrogen (secondary N) is 12. The van der Waals surface area contributed by atoms with Gasteiger partial charge in [0.25, 0.3) is 0 Å². The predicted octanol–water partition coefficient (Wildman–Crippen LogP) is -0.202. The van der Waals surface area contributed by atoms with Crippen LogP contribution in [0.4, 0.5) is 0 Å². The number of benzene rings is 2. The summed E-state index contributed by atoms with van der Waals surface area (Å²) < 4.78 is 0. The lowest BCUT2D eigenvalue weighted by Crippen LogP contribution is -2.60. The van der Waals surface area contributed by atoms with Crippen molar-refractivity contribution >= 4 is 109 Å². The standard InChI is InChI=1S/C68H102N20O11S2/c1-40-59(91)86-54(34-45-36-76-39-79-45)66(98)87-53(30-41-16-3-2-4-17-41)65(97)81-48(20-7-8-25-58(72)73)57(90)32-42(31-43-35-78-47-19-6-5-18-46(43)47)56(89)33-44-37-100-101-38-55(67(99)80-40)88-64(96)52(24-15-29-77-68(74)75)85-63(95)51(23-11-14-28-71)84-62(94)50(22-10-13-27-70)83-61(93)49(82-60(44)92)21-9-12-26-69/h2-6,16-19,35-36,39-40,42,44,48-55,78H,7-15,20-34,37-38,69-71H2,1H3,(H3,72,73)(H,76,79)(H,80,99)(H,81,97)(H,82,92)(H,83,93)(H,84,94)(H,85,95)(H,86,91)(H,87,98)(H,88,96)(H4,74,75,77)/t40-,42+,44-,48-,49-,50-,51-,52-,53+,54-,55-/m0/s1. The Morgan fingerprint density at radius 2 is 1.01 bits per heavy atom. The van der Waals surface area contributed by atoms with Gasteiger partial charge in [-0.2, -0.15) is 0 Å². The molecule has 2 aromatic carbocycles. The molecule has 0 unspecified atom stereocenters. The Labute approximate surface area is 595 Å². The molecule has 101 heavy (non-hydrogen) atoms. The van der Waals surface area contributed by atoms with Crippen LogP contribution in [0, 0.1) is 17.2 Å². The number of hydrogen-bond donors (Lipinski definition) is 18. The van der Waals surface area contributed by atoms with Crippen LogP contribution in [0.15, 0.2) is 78.3 Å². The molecule has 11 atom stereocenters. The molecule has 2 aliphatic heterocycles. The largest absolute Gasteiger partial charge is 0.388 e. The first-order chi connectivity index (χ1) is 48.6. The van der Waals surface area contributed by atoms with Gasteiger partial charge in [-0.1, -0.05) is 76.5 Å². The van der Waals surface area contributed by atoms with E-state index in [1.54, 1.807) is 36.5 Å². The smallest absolute Gasteiger partial charge is 0.244 e. The molecule has 2 fully saturated rings. The number of amidine groups is 1. The Morgan fingerprint density at radius 1 is 0.505 bits per heavy atom. The number of unbranched alkanes of at least 4 members (excludes halogenated alkanes) is 4. The van der Waals surface area contributed by atoms with Crippen molar-refractivity contribution in [3.63, 3.8) is 0 Å². The summed E-state index contributed by atoms with van der Waals surface area (Å²) in [6, 6.07) is 3.69. The van der Waals surface area contributed by atoms with Crippen LogP contribution in [-0.4, -0.2) is 184 Å². The summed E-state index contributed by atoms with van der Waals surface area (Å²) in [6.07, 6.45) is 6.58. The minimum Gasteiger partial charge on any atom is -0.388 e. The Bertz CT molecular complexity index is 3430. The summed E-state index contributed by atoms with van der Waals surface area (Å²) in [7, 11) is 2.07. The molecule has 0 aliphatic carbocycles. The summed E-state index contributed by atoms with van der Waals surface area (Å²) >= 11 is 0. The Morgan fingerprint density at radius 3 is 1.59 bits per heavy atom. The van der Waals surface area contributed by atoms with Crippen LogP contribution in [0.1, 0.15) is 133 Å². The van der Waals surface area contributed by atoms with E-state index >= 15 is 19.2 Å². The highest BCUT2D eigenvalue weighted by atomic mass is 33.1. The second-order valence-electron chi connectivity index (χ2n) is 25.6. The molecule has 2 aliphatic rings. The Kier molecular flexibility index (Phi) is 34.5. The number of amides is 9. The topological polar surface area (TPSA) is 533 Å². The van der Waals surface area contributed by atoms with Gasteiger partial charge in [0.2, 0.25) is 53.2 Å². The first-order valence-corrected chi connectivity index (χ1v) is 37.1. The summed E-state index contributed by atoms with van der Waals surface area (Å²) in [6.45, 7) is 2.10. The first kappa shape index (κ1) is 81.0. The van der Waals surface area contributed by atoms with E-state index in [2.05, 4.69) is 67.8 Å². The number of carbonyl (C=O) groups is 11. The van der Waals surface area contributed by atoms with Crippen LogP contribution in [0.3, 0.4) is 0 Å². The molecule has 31 nitrogen and oxygen atoms in total. The molecule has 9 amide bonds. The number of aromatic amines is 2. The zero-order valence-corrected chi connectivity index (χ0v) is 59.0. The number of para-hydroxylation sites is 1. The lowest BCUT2D eigenvalue weighted by Gasteiger charge is -2.28. The molecule has 2 aromatic heterocycles. The summed E-state index contributed by atoms with van der Waals surface area (Å²) in [4.78, 5) is 179. The third-order valence-corrected chi connectivity index (χ3v) is 20.1. The van der Waals surface area contributed by atoms with Crippen molar-refractivity contribution in [2.24, 2.45) is 51.2 Å². The average molecular weight is 1440 g/mol. The number of hydrogen-bond acceptors (Lipinski definition) is 19. The van der Waals surface area contributed by atoms with Gasteiger partial charge in [0.05, 0.1) is 24.1 Å². The first-order valence-electron chi connectivity index (χ1n) is 34.7. The van der Waals surface area contributed by atoms with E-state index in [0.29, 0.717) is 61.8 Å². The fourth-order valence-corrected chi connectivity index (χ4v) is 14.3. The lowest BCUT2D eigenvalue weighted by molar-refractivity contribution is -0.136. The molecule has 0 spiro atoms. The minimum absolute atomic E-state index is 0.0143. The fraction of sp³-hybridized carbons (Fsp3) is 0.559. The molecular formula is C68H102N20O11S2. The van der Waals surface area contributed by atoms with Crippen LogP contribution in [0.25, 0.3) is 10.9 Å². The van der Waals surface area contributed by atoms with E-state index in [1.165, 1.54) is 19.4 Å². The zero-order valence-electron chi connectivity index (χ0n) is 57.3. The molecule has 2 saturated heterocycles. The predicted molar refractivity (Wildman–Crippen MR) is 388 cm³/mol. The summed E-state index contributed by atoms with van der Waals surface area (Å²) in [5.41, 5.74) is 37.2. The van der Waals surface area contributed by atoms with Gasteiger partial charge in [-0.3, -0.25) is 63.1 Å². The van der Waals surface area contributed by atoms with E-state index in [0.717, 1.165) is 32.5 Å². The van der Waals surface area contributed by atoms with E-state index in [1.807, 2.05) is 24.3 Å².